The zero-order chi connectivity index (χ0) is 15.1. The van der Waals surface area contributed by atoms with E-state index in [-0.39, 0.29) is 6.61 Å². The summed E-state index contributed by atoms with van der Waals surface area (Å²) in [5.41, 5.74) is 0. The topological polar surface area (TPSA) is 52.6 Å². The Hall–Kier alpha value is -1.06. The molecule has 20 heavy (non-hydrogen) atoms. The summed E-state index contributed by atoms with van der Waals surface area (Å²) in [5.74, 6) is -1.76. The van der Waals surface area contributed by atoms with Crippen LogP contribution in [-0.2, 0) is 19.1 Å². The monoisotopic (exact) mass is 286 g/mol. The summed E-state index contributed by atoms with van der Waals surface area (Å²) in [6.45, 7) is 4.41. The molecule has 0 bridgehead atoms. The summed E-state index contributed by atoms with van der Waals surface area (Å²) in [7, 11) is 0. The molecule has 0 rings (SSSR count). The summed E-state index contributed by atoms with van der Waals surface area (Å²) in [4.78, 5) is 22.1. The number of esters is 2. The number of carbonyl (C=O) groups excluding carboxylic acids is 2. The molecule has 4 heteroatoms. The van der Waals surface area contributed by atoms with Crippen molar-refractivity contribution in [3.05, 3.63) is 0 Å². The fraction of sp³-hybridized carbons (Fsp3) is 0.875. The molecule has 0 N–H and O–H groups in total. The lowest BCUT2D eigenvalue weighted by atomic mass is 10.1. The molecule has 0 aliphatic carbocycles. The van der Waals surface area contributed by atoms with E-state index >= 15 is 0 Å². The SMILES string of the molecule is CCCCCCCCCCCCOC(=O)C(=O)OCC. The molecule has 0 amide bonds. The van der Waals surface area contributed by atoms with Gasteiger partial charge in [0.15, 0.2) is 0 Å². The molecule has 0 aliphatic heterocycles. The fourth-order valence-electron chi connectivity index (χ4n) is 2.00. The van der Waals surface area contributed by atoms with Gasteiger partial charge in [-0.1, -0.05) is 64.7 Å². The normalized spacial score (nSPS) is 10.3. The minimum Gasteiger partial charge on any atom is -0.458 e. The van der Waals surface area contributed by atoms with Gasteiger partial charge in [-0.3, -0.25) is 0 Å². The fourth-order valence-corrected chi connectivity index (χ4v) is 2.00. The molecular formula is C16H30O4. The second kappa shape index (κ2) is 14.4. The van der Waals surface area contributed by atoms with Crippen molar-refractivity contribution in [2.24, 2.45) is 0 Å². The zero-order valence-electron chi connectivity index (χ0n) is 13.1. The minimum atomic E-state index is -0.889. The molecular weight excluding hydrogens is 256 g/mol. The van der Waals surface area contributed by atoms with E-state index in [2.05, 4.69) is 11.7 Å². The highest BCUT2D eigenvalue weighted by Crippen LogP contribution is 2.10. The van der Waals surface area contributed by atoms with Gasteiger partial charge in [-0.25, -0.2) is 9.59 Å². The third-order valence-corrected chi connectivity index (χ3v) is 3.17. The van der Waals surface area contributed by atoms with Crippen LogP contribution in [0.25, 0.3) is 0 Å². The molecule has 0 aromatic rings. The van der Waals surface area contributed by atoms with Gasteiger partial charge in [0, 0.05) is 0 Å². The Balaban J connectivity index is 3.20. The molecule has 0 saturated carbocycles. The predicted octanol–water partition coefficient (Wildman–Crippen LogP) is 4.01. The lowest BCUT2D eigenvalue weighted by Crippen LogP contribution is -2.20. The zero-order valence-corrected chi connectivity index (χ0v) is 13.1. The first-order valence-corrected chi connectivity index (χ1v) is 8.06. The lowest BCUT2D eigenvalue weighted by molar-refractivity contribution is -0.167. The van der Waals surface area contributed by atoms with Crippen molar-refractivity contribution in [3.63, 3.8) is 0 Å². The van der Waals surface area contributed by atoms with E-state index in [4.69, 9.17) is 4.74 Å². The molecule has 4 nitrogen and oxygen atoms in total. The number of hydrogen-bond donors (Lipinski definition) is 0. The van der Waals surface area contributed by atoms with Crippen molar-refractivity contribution in [1.29, 1.82) is 0 Å². The summed E-state index contributed by atoms with van der Waals surface area (Å²) in [6.07, 6.45) is 12.3. The van der Waals surface area contributed by atoms with Crippen LogP contribution in [0.2, 0.25) is 0 Å². The molecule has 0 atom stereocenters. The lowest BCUT2D eigenvalue weighted by Gasteiger charge is -2.04. The first-order valence-electron chi connectivity index (χ1n) is 8.06. The van der Waals surface area contributed by atoms with Crippen molar-refractivity contribution in [1.82, 2.24) is 0 Å². The van der Waals surface area contributed by atoms with E-state index in [0.29, 0.717) is 6.61 Å². The first-order chi connectivity index (χ1) is 9.72. The van der Waals surface area contributed by atoms with Crippen LogP contribution < -0.4 is 0 Å². The maximum Gasteiger partial charge on any atom is 0.417 e. The Labute approximate surface area is 123 Å². The van der Waals surface area contributed by atoms with Crippen LogP contribution in [-0.4, -0.2) is 25.2 Å². The predicted molar refractivity (Wildman–Crippen MR) is 79.4 cm³/mol. The molecule has 0 aromatic heterocycles. The maximum atomic E-state index is 11.1. The molecule has 0 heterocycles. The summed E-state index contributed by atoms with van der Waals surface area (Å²) in [5, 5.41) is 0. The maximum absolute atomic E-state index is 11.1. The van der Waals surface area contributed by atoms with Crippen molar-refractivity contribution in [2.45, 2.75) is 78.1 Å². The minimum absolute atomic E-state index is 0.201. The summed E-state index contributed by atoms with van der Waals surface area (Å²) < 4.78 is 9.36. The number of ether oxygens (including phenoxy) is 2. The Morgan fingerprint density at radius 3 is 1.60 bits per heavy atom. The number of rotatable bonds is 12. The number of unbranched alkanes of at least 4 members (excludes halogenated alkanes) is 9. The molecule has 0 fully saturated rings. The van der Waals surface area contributed by atoms with Gasteiger partial charge < -0.3 is 9.47 Å². The van der Waals surface area contributed by atoms with E-state index in [9.17, 15) is 9.59 Å². The van der Waals surface area contributed by atoms with Gasteiger partial charge in [-0.2, -0.15) is 0 Å². The van der Waals surface area contributed by atoms with Crippen molar-refractivity contribution < 1.29 is 19.1 Å². The van der Waals surface area contributed by atoms with Gasteiger partial charge in [-0.05, 0) is 13.3 Å². The molecule has 0 radical (unpaired) electrons. The largest absolute Gasteiger partial charge is 0.458 e. The number of hydrogen-bond acceptors (Lipinski definition) is 4. The third kappa shape index (κ3) is 12.0. The van der Waals surface area contributed by atoms with E-state index in [1.54, 1.807) is 6.92 Å². The molecule has 0 aromatic carbocycles. The molecule has 0 unspecified atom stereocenters. The third-order valence-electron chi connectivity index (χ3n) is 3.17. The summed E-state index contributed by atoms with van der Waals surface area (Å²) in [6, 6.07) is 0. The first kappa shape index (κ1) is 18.9. The highest BCUT2D eigenvalue weighted by molar-refractivity contribution is 6.29. The Morgan fingerprint density at radius 1 is 0.650 bits per heavy atom. The van der Waals surface area contributed by atoms with Crippen molar-refractivity contribution >= 4 is 11.9 Å². The van der Waals surface area contributed by atoms with Gasteiger partial charge >= 0.3 is 11.9 Å². The van der Waals surface area contributed by atoms with Gasteiger partial charge in [0.05, 0.1) is 13.2 Å². The highest BCUT2D eigenvalue weighted by atomic mass is 16.6. The van der Waals surface area contributed by atoms with Gasteiger partial charge in [0.2, 0.25) is 0 Å². The quantitative estimate of drug-likeness (QED) is 0.309. The standard InChI is InChI=1S/C16H30O4/c1-3-5-6-7-8-9-10-11-12-13-14-20-16(18)15(17)19-4-2/h3-14H2,1-2H3. The van der Waals surface area contributed by atoms with E-state index in [0.717, 1.165) is 12.8 Å². The smallest absolute Gasteiger partial charge is 0.417 e. The Kier molecular flexibility index (Phi) is 13.6. The molecule has 0 aliphatic rings. The van der Waals surface area contributed by atoms with Crippen molar-refractivity contribution in [3.8, 4) is 0 Å². The van der Waals surface area contributed by atoms with Crippen LogP contribution in [0.4, 0.5) is 0 Å². The second-order valence-electron chi connectivity index (χ2n) is 5.04. The molecule has 0 spiro atoms. The van der Waals surface area contributed by atoms with Crippen LogP contribution in [0.5, 0.6) is 0 Å². The van der Waals surface area contributed by atoms with E-state index in [1.165, 1.54) is 51.4 Å². The van der Waals surface area contributed by atoms with Gasteiger partial charge in [0.25, 0.3) is 0 Å². The van der Waals surface area contributed by atoms with Crippen LogP contribution >= 0.6 is 0 Å². The van der Waals surface area contributed by atoms with Crippen LogP contribution in [0.15, 0.2) is 0 Å². The molecule has 118 valence electrons. The average Bonchev–Trinajstić information content (AvgIpc) is 2.44. The van der Waals surface area contributed by atoms with E-state index < -0.39 is 11.9 Å². The highest BCUT2D eigenvalue weighted by Gasteiger charge is 2.15. The summed E-state index contributed by atoms with van der Waals surface area (Å²) >= 11 is 0. The van der Waals surface area contributed by atoms with Crippen LogP contribution in [0, 0.1) is 0 Å². The van der Waals surface area contributed by atoms with Crippen molar-refractivity contribution in [2.75, 3.05) is 13.2 Å². The van der Waals surface area contributed by atoms with Crippen LogP contribution in [0.1, 0.15) is 78.1 Å². The van der Waals surface area contributed by atoms with Gasteiger partial charge in [0.1, 0.15) is 0 Å². The van der Waals surface area contributed by atoms with E-state index in [1.807, 2.05) is 0 Å². The Bertz CT molecular complexity index is 251. The van der Waals surface area contributed by atoms with Crippen LogP contribution in [0.3, 0.4) is 0 Å². The number of carbonyl (C=O) groups is 2. The average molecular weight is 286 g/mol. The van der Waals surface area contributed by atoms with Gasteiger partial charge in [-0.15, -0.1) is 0 Å². The Morgan fingerprint density at radius 2 is 1.10 bits per heavy atom. The second-order valence-corrected chi connectivity index (χ2v) is 5.04. The molecule has 0 saturated heterocycles.